The first-order valence-corrected chi connectivity index (χ1v) is 5.95. The van der Waals surface area contributed by atoms with Crippen LogP contribution in [0.5, 0.6) is 0 Å². The third kappa shape index (κ3) is 1.36. The van der Waals surface area contributed by atoms with Gasteiger partial charge in [-0.15, -0.1) is 0 Å². The van der Waals surface area contributed by atoms with Crippen molar-refractivity contribution in [1.82, 2.24) is 0 Å². The SMILES string of the molecule is NCCC1CCN2c3ccccc3CC12. The molecule has 1 saturated heterocycles. The Labute approximate surface area is 91.1 Å². The molecule has 1 fully saturated rings. The number of anilines is 1. The van der Waals surface area contributed by atoms with Crippen LogP contribution in [0.15, 0.2) is 24.3 Å². The van der Waals surface area contributed by atoms with E-state index in [2.05, 4.69) is 29.2 Å². The van der Waals surface area contributed by atoms with E-state index in [-0.39, 0.29) is 0 Å². The number of hydrogen-bond acceptors (Lipinski definition) is 2. The predicted octanol–water partition coefficient (Wildman–Crippen LogP) is 1.79. The molecule has 2 aliphatic heterocycles. The van der Waals surface area contributed by atoms with Gasteiger partial charge in [0, 0.05) is 18.3 Å². The van der Waals surface area contributed by atoms with Crippen molar-refractivity contribution < 1.29 is 0 Å². The number of nitrogens with two attached hydrogens (primary N) is 1. The first-order valence-electron chi connectivity index (χ1n) is 5.95. The molecule has 2 aliphatic rings. The summed E-state index contributed by atoms with van der Waals surface area (Å²) in [6.07, 6.45) is 3.76. The lowest BCUT2D eigenvalue weighted by Gasteiger charge is -2.22. The largest absolute Gasteiger partial charge is 0.368 e. The van der Waals surface area contributed by atoms with E-state index in [9.17, 15) is 0 Å². The van der Waals surface area contributed by atoms with Gasteiger partial charge in [-0.1, -0.05) is 18.2 Å². The van der Waals surface area contributed by atoms with Gasteiger partial charge in [0.2, 0.25) is 0 Å². The van der Waals surface area contributed by atoms with Crippen LogP contribution in [0, 0.1) is 5.92 Å². The lowest BCUT2D eigenvalue weighted by atomic mass is 9.94. The molecule has 0 aliphatic carbocycles. The molecule has 3 rings (SSSR count). The van der Waals surface area contributed by atoms with Gasteiger partial charge in [0.25, 0.3) is 0 Å². The molecule has 0 spiro atoms. The molecule has 0 saturated carbocycles. The predicted molar refractivity (Wildman–Crippen MR) is 63.1 cm³/mol. The molecule has 2 N–H and O–H groups in total. The highest BCUT2D eigenvalue weighted by atomic mass is 15.2. The van der Waals surface area contributed by atoms with Crippen molar-refractivity contribution in [3.05, 3.63) is 29.8 Å². The Morgan fingerprint density at radius 2 is 2.20 bits per heavy atom. The van der Waals surface area contributed by atoms with Crippen molar-refractivity contribution in [2.24, 2.45) is 11.7 Å². The Balaban J connectivity index is 1.87. The summed E-state index contributed by atoms with van der Waals surface area (Å²) in [7, 11) is 0. The van der Waals surface area contributed by atoms with Gasteiger partial charge < -0.3 is 10.6 Å². The van der Waals surface area contributed by atoms with E-state index in [0.29, 0.717) is 0 Å². The highest BCUT2D eigenvalue weighted by Crippen LogP contribution is 2.41. The van der Waals surface area contributed by atoms with Gasteiger partial charge in [-0.25, -0.2) is 0 Å². The summed E-state index contributed by atoms with van der Waals surface area (Å²) in [5, 5.41) is 0. The molecule has 2 unspecified atom stereocenters. The lowest BCUT2D eigenvalue weighted by Crippen LogP contribution is -2.29. The van der Waals surface area contributed by atoms with Crippen molar-refractivity contribution in [2.45, 2.75) is 25.3 Å². The molecule has 0 radical (unpaired) electrons. The van der Waals surface area contributed by atoms with Crippen molar-refractivity contribution >= 4 is 5.69 Å². The van der Waals surface area contributed by atoms with Crippen LogP contribution in [0.1, 0.15) is 18.4 Å². The fraction of sp³-hybridized carbons (Fsp3) is 0.538. The fourth-order valence-electron chi connectivity index (χ4n) is 3.23. The smallest absolute Gasteiger partial charge is 0.0402 e. The summed E-state index contributed by atoms with van der Waals surface area (Å²) in [6, 6.07) is 9.58. The number of para-hydroxylation sites is 1. The number of nitrogens with zero attached hydrogens (tertiary/aromatic N) is 1. The van der Waals surface area contributed by atoms with Crippen LogP contribution in [0.2, 0.25) is 0 Å². The van der Waals surface area contributed by atoms with Crippen LogP contribution in [0.3, 0.4) is 0 Å². The average Bonchev–Trinajstić information content (AvgIpc) is 2.79. The third-order valence-corrected chi connectivity index (χ3v) is 3.95. The average molecular weight is 202 g/mol. The van der Waals surface area contributed by atoms with E-state index in [1.807, 2.05) is 0 Å². The molecule has 0 aromatic heterocycles. The summed E-state index contributed by atoms with van der Waals surface area (Å²) in [6.45, 7) is 2.07. The molecule has 80 valence electrons. The Morgan fingerprint density at radius 1 is 1.33 bits per heavy atom. The van der Waals surface area contributed by atoms with E-state index in [1.165, 1.54) is 37.1 Å². The maximum Gasteiger partial charge on any atom is 0.0402 e. The Bertz CT molecular complexity index is 361. The zero-order chi connectivity index (χ0) is 10.3. The summed E-state index contributed by atoms with van der Waals surface area (Å²) < 4.78 is 0. The second-order valence-corrected chi connectivity index (χ2v) is 4.72. The molecule has 1 aromatic carbocycles. The first kappa shape index (κ1) is 9.22. The highest BCUT2D eigenvalue weighted by molar-refractivity contribution is 5.60. The molecular formula is C13H18N2. The van der Waals surface area contributed by atoms with E-state index in [0.717, 1.165) is 18.5 Å². The van der Waals surface area contributed by atoms with Crippen LogP contribution in [0.4, 0.5) is 5.69 Å². The van der Waals surface area contributed by atoms with Crippen molar-refractivity contribution in [2.75, 3.05) is 18.0 Å². The van der Waals surface area contributed by atoms with Gasteiger partial charge in [-0.2, -0.15) is 0 Å². The standard InChI is InChI=1S/C13H18N2/c14-7-5-10-6-8-15-12-4-2-1-3-11(12)9-13(10)15/h1-4,10,13H,5-9,14H2. The minimum absolute atomic E-state index is 0.742. The Hall–Kier alpha value is -1.02. The number of rotatable bonds is 2. The normalized spacial score (nSPS) is 27.9. The fourth-order valence-corrected chi connectivity index (χ4v) is 3.23. The third-order valence-electron chi connectivity index (χ3n) is 3.95. The molecular weight excluding hydrogens is 184 g/mol. The summed E-state index contributed by atoms with van der Waals surface area (Å²) in [5.41, 5.74) is 8.68. The molecule has 2 nitrogen and oxygen atoms in total. The van der Waals surface area contributed by atoms with Crippen LogP contribution in [-0.2, 0) is 6.42 Å². The number of benzene rings is 1. The molecule has 2 heterocycles. The lowest BCUT2D eigenvalue weighted by molar-refractivity contribution is 0.452. The molecule has 0 amide bonds. The van der Waals surface area contributed by atoms with Gasteiger partial charge in [0.15, 0.2) is 0 Å². The number of fused-ring (bicyclic) bond motifs is 3. The van der Waals surface area contributed by atoms with E-state index in [4.69, 9.17) is 5.73 Å². The minimum Gasteiger partial charge on any atom is -0.368 e. The van der Waals surface area contributed by atoms with Gasteiger partial charge in [0.05, 0.1) is 0 Å². The zero-order valence-corrected chi connectivity index (χ0v) is 9.02. The van der Waals surface area contributed by atoms with E-state index < -0.39 is 0 Å². The summed E-state index contributed by atoms with van der Waals surface area (Å²) >= 11 is 0. The van der Waals surface area contributed by atoms with Gasteiger partial charge >= 0.3 is 0 Å². The summed E-state index contributed by atoms with van der Waals surface area (Å²) in [4.78, 5) is 2.59. The molecule has 1 aromatic rings. The van der Waals surface area contributed by atoms with Gasteiger partial charge in [-0.05, 0) is 43.4 Å². The van der Waals surface area contributed by atoms with Crippen LogP contribution < -0.4 is 10.6 Å². The second-order valence-electron chi connectivity index (χ2n) is 4.72. The van der Waals surface area contributed by atoms with E-state index >= 15 is 0 Å². The maximum atomic E-state index is 5.68. The Kier molecular flexibility index (Phi) is 2.17. The quantitative estimate of drug-likeness (QED) is 0.792. The van der Waals surface area contributed by atoms with Crippen molar-refractivity contribution in [3.63, 3.8) is 0 Å². The highest BCUT2D eigenvalue weighted by Gasteiger charge is 2.38. The van der Waals surface area contributed by atoms with Crippen LogP contribution in [-0.4, -0.2) is 19.1 Å². The first-order chi connectivity index (χ1) is 7.40. The summed E-state index contributed by atoms with van der Waals surface area (Å²) in [5.74, 6) is 0.822. The number of hydrogen-bond donors (Lipinski definition) is 1. The molecule has 0 bridgehead atoms. The second kappa shape index (κ2) is 3.53. The molecule has 15 heavy (non-hydrogen) atoms. The minimum atomic E-state index is 0.742. The zero-order valence-electron chi connectivity index (χ0n) is 9.02. The van der Waals surface area contributed by atoms with E-state index in [1.54, 1.807) is 0 Å². The molecule has 2 heteroatoms. The van der Waals surface area contributed by atoms with Crippen LogP contribution in [0.25, 0.3) is 0 Å². The van der Waals surface area contributed by atoms with Gasteiger partial charge in [-0.3, -0.25) is 0 Å². The van der Waals surface area contributed by atoms with Crippen LogP contribution >= 0.6 is 0 Å². The van der Waals surface area contributed by atoms with Crippen molar-refractivity contribution in [1.29, 1.82) is 0 Å². The Morgan fingerprint density at radius 3 is 3.07 bits per heavy atom. The monoisotopic (exact) mass is 202 g/mol. The topological polar surface area (TPSA) is 29.3 Å². The maximum absolute atomic E-state index is 5.68. The van der Waals surface area contributed by atoms with Gasteiger partial charge in [0.1, 0.15) is 0 Å². The van der Waals surface area contributed by atoms with Crippen molar-refractivity contribution in [3.8, 4) is 0 Å². The molecule has 2 atom stereocenters.